The second kappa shape index (κ2) is 11.6. The fraction of sp³-hybridized carbons (Fsp3) is 0.478. The molecule has 0 bridgehead atoms. The standard InChI is InChI=1S/C23H32O.2H2S/c1-6-21(14-19-9-8-16(3)17(4)12-19)22(7-2)15-20-10-11-23(24)18(5)13-20;;/h8-13,21-22,24H,6-7,14-15H2,1-5H3;2*1H2/t21-,22-;;/m0../s1. The molecule has 0 aliphatic heterocycles. The van der Waals surface area contributed by atoms with Crippen molar-refractivity contribution in [2.45, 2.75) is 60.3 Å². The third-order valence-electron chi connectivity index (χ3n) is 5.54. The van der Waals surface area contributed by atoms with Gasteiger partial charge in [0.1, 0.15) is 5.75 Å². The van der Waals surface area contributed by atoms with Gasteiger partial charge in [-0.1, -0.05) is 57.0 Å². The molecule has 0 aromatic heterocycles. The average molecular weight is 393 g/mol. The molecule has 0 aliphatic rings. The molecule has 0 heterocycles. The van der Waals surface area contributed by atoms with E-state index in [-0.39, 0.29) is 27.0 Å². The highest BCUT2D eigenvalue weighted by molar-refractivity contribution is 7.59. The lowest BCUT2D eigenvalue weighted by atomic mass is 9.79. The highest BCUT2D eigenvalue weighted by atomic mass is 32.1. The largest absolute Gasteiger partial charge is 0.508 e. The number of hydrogen-bond acceptors (Lipinski definition) is 1. The van der Waals surface area contributed by atoms with Crippen molar-refractivity contribution in [2.75, 3.05) is 0 Å². The Bertz CT molecular complexity index is 622. The van der Waals surface area contributed by atoms with Crippen molar-refractivity contribution in [3.8, 4) is 5.75 Å². The smallest absolute Gasteiger partial charge is 0.118 e. The van der Waals surface area contributed by atoms with Gasteiger partial charge in [-0.3, -0.25) is 0 Å². The molecule has 0 unspecified atom stereocenters. The van der Waals surface area contributed by atoms with E-state index in [1.54, 1.807) is 0 Å². The maximum atomic E-state index is 9.73. The second-order valence-corrected chi connectivity index (χ2v) is 7.28. The zero-order valence-electron chi connectivity index (χ0n) is 16.9. The fourth-order valence-corrected chi connectivity index (χ4v) is 3.67. The molecule has 1 nitrogen and oxygen atoms in total. The first-order valence-corrected chi connectivity index (χ1v) is 9.29. The van der Waals surface area contributed by atoms with E-state index in [2.05, 4.69) is 58.0 Å². The van der Waals surface area contributed by atoms with Crippen molar-refractivity contribution >= 4 is 27.0 Å². The third kappa shape index (κ3) is 6.59. The number of hydrogen-bond donors (Lipinski definition) is 1. The molecule has 3 heteroatoms. The monoisotopic (exact) mass is 392 g/mol. The van der Waals surface area contributed by atoms with E-state index >= 15 is 0 Å². The van der Waals surface area contributed by atoms with E-state index < -0.39 is 0 Å². The SMILES string of the molecule is CC[C@@H](Cc1ccc(C)c(C)c1)[C@@H](CC)Cc1ccc(O)c(C)c1.S.S. The molecular formula is C23H36OS2. The van der Waals surface area contributed by atoms with Gasteiger partial charge in [-0.25, -0.2) is 0 Å². The zero-order valence-corrected chi connectivity index (χ0v) is 18.9. The van der Waals surface area contributed by atoms with Crippen molar-refractivity contribution in [3.63, 3.8) is 0 Å². The Balaban J connectivity index is 0.00000312. The summed E-state index contributed by atoms with van der Waals surface area (Å²) in [6.07, 6.45) is 4.67. The molecular weight excluding hydrogens is 356 g/mol. The molecule has 0 saturated carbocycles. The fourth-order valence-electron chi connectivity index (χ4n) is 3.67. The summed E-state index contributed by atoms with van der Waals surface area (Å²) in [6.45, 7) is 11.0. The predicted molar refractivity (Wildman–Crippen MR) is 124 cm³/mol. The number of phenolic OH excluding ortho intramolecular Hbond substituents is 1. The van der Waals surface area contributed by atoms with Crippen molar-refractivity contribution in [1.82, 2.24) is 0 Å². The number of phenols is 1. The van der Waals surface area contributed by atoms with E-state index in [1.165, 1.54) is 35.1 Å². The number of aryl methyl sites for hydroxylation is 3. The highest BCUT2D eigenvalue weighted by Crippen LogP contribution is 2.29. The minimum absolute atomic E-state index is 0. The maximum absolute atomic E-state index is 9.73. The van der Waals surface area contributed by atoms with Gasteiger partial charge in [0.25, 0.3) is 0 Å². The van der Waals surface area contributed by atoms with Crippen LogP contribution in [0.5, 0.6) is 5.75 Å². The molecule has 2 aromatic carbocycles. The van der Waals surface area contributed by atoms with Gasteiger partial charge < -0.3 is 5.11 Å². The Hall–Kier alpha value is -1.06. The van der Waals surface area contributed by atoms with Crippen LogP contribution in [0.2, 0.25) is 0 Å². The minimum atomic E-state index is 0. The summed E-state index contributed by atoms with van der Waals surface area (Å²) in [7, 11) is 0. The molecule has 0 spiro atoms. The van der Waals surface area contributed by atoms with Gasteiger partial charge in [-0.05, 0) is 79.3 Å². The molecule has 0 saturated heterocycles. The molecule has 2 rings (SSSR count). The van der Waals surface area contributed by atoms with Crippen molar-refractivity contribution < 1.29 is 5.11 Å². The number of aromatic hydroxyl groups is 1. The van der Waals surface area contributed by atoms with Crippen molar-refractivity contribution in [1.29, 1.82) is 0 Å². The molecule has 1 N–H and O–H groups in total. The summed E-state index contributed by atoms with van der Waals surface area (Å²) in [6, 6.07) is 13.0. The van der Waals surface area contributed by atoms with Crippen LogP contribution in [0.15, 0.2) is 36.4 Å². The molecule has 146 valence electrons. The van der Waals surface area contributed by atoms with Crippen LogP contribution >= 0.6 is 27.0 Å². The Kier molecular flexibility index (Phi) is 11.1. The van der Waals surface area contributed by atoms with Crippen LogP contribution in [0.4, 0.5) is 0 Å². The Morgan fingerprint density at radius 2 is 1.15 bits per heavy atom. The Morgan fingerprint density at radius 3 is 1.58 bits per heavy atom. The van der Waals surface area contributed by atoms with Crippen LogP contribution in [0.25, 0.3) is 0 Å². The average Bonchev–Trinajstić information content (AvgIpc) is 2.57. The van der Waals surface area contributed by atoms with Crippen LogP contribution < -0.4 is 0 Å². The van der Waals surface area contributed by atoms with Crippen molar-refractivity contribution in [2.24, 2.45) is 11.8 Å². The second-order valence-electron chi connectivity index (χ2n) is 7.28. The maximum Gasteiger partial charge on any atom is 0.118 e. The summed E-state index contributed by atoms with van der Waals surface area (Å²) in [4.78, 5) is 0. The van der Waals surface area contributed by atoms with Gasteiger partial charge in [0, 0.05) is 0 Å². The van der Waals surface area contributed by atoms with Crippen LogP contribution in [0, 0.1) is 32.6 Å². The lowest BCUT2D eigenvalue weighted by Crippen LogP contribution is -2.19. The molecule has 0 radical (unpaired) electrons. The quantitative estimate of drug-likeness (QED) is 0.579. The first-order chi connectivity index (χ1) is 11.4. The molecule has 26 heavy (non-hydrogen) atoms. The van der Waals surface area contributed by atoms with Crippen molar-refractivity contribution in [3.05, 3.63) is 64.2 Å². The van der Waals surface area contributed by atoms with Crippen LogP contribution in [0.1, 0.15) is 54.5 Å². The van der Waals surface area contributed by atoms with Gasteiger partial charge in [0.2, 0.25) is 0 Å². The Morgan fingerprint density at radius 1 is 0.692 bits per heavy atom. The molecule has 2 aromatic rings. The van der Waals surface area contributed by atoms with E-state index in [4.69, 9.17) is 0 Å². The topological polar surface area (TPSA) is 20.2 Å². The summed E-state index contributed by atoms with van der Waals surface area (Å²) in [5.41, 5.74) is 6.55. The van der Waals surface area contributed by atoms with Crippen LogP contribution in [-0.2, 0) is 12.8 Å². The lowest BCUT2D eigenvalue weighted by Gasteiger charge is -2.26. The lowest BCUT2D eigenvalue weighted by molar-refractivity contribution is 0.308. The highest BCUT2D eigenvalue weighted by Gasteiger charge is 2.20. The van der Waals surface area contributed by atoms with E-state index in [0.717, 1.165) is 18.4 Å². The number of benzene rings is 2. The van der Waals surface area contributed by atoms with Gasteiger partial charge in [-0.15, -0.1) is 0 Å². The van der Waals surface area contributed by atoms with E-state index in [0.29, 0.717) is 17.6 Å². The van der Waals surface area contributed by atoms with E-state index in [1.807, 2.05) is 13.0 Å². The minimum Gasteiger partial charge on any atom is -0.508 e. The predicted octanol–water partition coefficient (Wildman–Crippen LogP) is 6.38. The molecule has 2 atom stereocenters. The van der Waals surface area contributed by atoms with Gasteiger partial charge >= 0.3 is 0 Å². The van der Waals surface area contributed by atoms with Crippen LogP contribution in [0.3, 0.4) is 0 Å². The summed E-state index contributed by atoms with van der Waals surface area (Å²) in [5.74, 6) is 1.78. The van der Waals surface area contributed by atoms with E-state index in [9.17, 15) is 5.11 Å². The third-order valence-corrected chi connectivity index (χ3v) is 5.54. The van der Waals surface area contributed by atoms with Crippen LogP contribution in [-0.4, -0.2) is 5.11 Å². The Labute approximate surface area is 174 Å². The summed E-state index contributed by atoms with van der Waals surface area (Å²) in [5, 5.41) is 9.73. The molecule has 0 aliphatic carbocycles. The normalized spacial score (nSPS) is 12.7. The first-order valence-electron chi connectivity index (χ1n) is 9.29. The van der Waals surface area contributed by atoms with Gasteiger partial charge in [0.15, 0.2) is 0 Å². The first kappa shape index (κ1) is 24.9. The van der Waals surface area contributed by atoms with Gasteiger partial charge in [0.05, 0.1) is 0 Å². The van der Waals surface area contributed by atoms with Gasteiger partial charge in [-0.2, -0.15) is 27.0 Å². The molecule has 0 fully saturated rings. The molecule has 0 amide bonds. The summed E-state index contributed by atoms with van der Waals surface area (Å²) < 4.78 is 0. The summed E-state index contributed by atoms with van der Waals surface area (Å²) >= 11 is 0. The zero-order chi connectivity index (χ0) is 17.7. The number of rotatable bonds is 7.